The maximum Gasteiger partial charge on any atom is 0.388 e. The lowest BCUT2D eigenvalue weighted by molar-refractivity contribution is -0.131. The number of allylic oxidation sites excluding steroid dienone is 1. The Hall–Kier alpha value is -0.453. The second kappa shape index (κ2) is 4.17. The van der Waals surface area contributed by atoms with Gasteiger partial charge in [0.15, 0.2) is 0 Å². The van der Waals surface area contributed by atoms with Gasteiger partial charge in [0.05, 0.1) is 5.76 Å². The first kappa shape index (κ1) is 12.5. The van der Waals surface area contributed by atoms with E-state index in [1.54, 1.807) is 20.0 Å². The van der Waals surface area contributed by atoms with Gasteiger partial charge in [0.1, 0.15) is 0 Å². The molecule has 5 heteroatoms. The van der Waals surface area contributed by atoms with E-state index in [2.05, 4.69) is 6.58 Å². The monoisotopic (exact) mass is 212 g/mol. The van der Waals surface area contributed by atoms with Crippen molar-refractivity contribution >= 4 is 8.32 Å². The Morgan fingerprint density at radius 2 is 1.85 bits per heavy atom. The molecule has 78 valence electrons. The van der Waals surface area contributed by atoms with Crippen molar-refractivity contribution in [3.8, 4) is 0 Å². The van der Waals surface area contributed by atoms with E-state index in [1.807, 2.05) is 0 Å². The van der Waals surface area contributed by atoms with Crippen molar-refractivity contribution in [3.05, 3.63) is 12.3 Å². The predicted octanol–water partition coefficient (Wildman–Crippen LogP) is 3.69. The number of halogens is 3. The summed E-state index contributed by atoms with van der Waals surface area (Å²) in [6.07, 6.45) is -4.85. The van der Waals surface area contributed by atoms with Gasteiger partial charge in [-0.3, -0.25) is 0 Å². The first-order valence-electron chi connectivity index (χ1n) is 4.04. The van der Waals surface area contributed by atoms with Crippen LogP contribution in [0, 0.1) is 0 Å². The van der Waals surface area contributed by atoms with Crippen molar-refractivity contribution in [2.75, 3.05) is 0 Å². The molecule has 0 heterocycles. The minimum atomic E-state index is -4.08. The molecule has 0 aliphatic rings. The summed E-state index contributed by atoms with van der Waals surface area (Å²) in [7, 11) is -2.20. The van der Waals surface area contributed by atoms with Crippen LogP contribution < -0.4 is 0 Å². The number of alkyl halides is 3. The molecular weight excluding hydrogens is 197 g/mol. The highest BCUT2D eigenvalue weighted by Gasteiger charge is 2.33. The Morgan fingerprint density at radius 1 is 1.38 bits per heavy atom. The lowest BCUT2D eigenvalue weighted by Crippen LogP contribution is -2.31. The van der Waals surface area contributed by atoms with Gasteiger partial charge in [0, 0.05) is 6.42 Å². The van der Waals surface area contributed by atoms with Crippen LogP contribution in [0.15, 0.2) is 12.3 Å². The molecule has 0 atom stereocenters. The van der Waals surface area contributed by atoms with Crippen molar-refractivity contribution in [1.82, 2.24) is 0 Å². The molecule has 0 radical (unpaired) electrons. The zero-order chi connectivity index (χ0) is 10.7. The summed E-state index contributed by atoms with van der Waals surface area (Å²) in [5, 5.41) is 0. The molecule has 0 aliphatic carbocycles. The van der Waals surface area contributed by atoms with Crippen molar-refractivity contribution in [2.45, 2.75) is 38.7 Å². The Kier molecular flexibility index (Phi) is 4.03. The van der Waals surface area contributed by atoms with Crippen LogP contribution in [0.4, 0.5) is 13.2 Å². The summed E-state index contributed by atoms with van der Waals surface area (Å²) < 4.78 is 40.9. The highest BCUT2D eigenvalue weighted by atomic mass is 28.4. The molecule has 13 heavy (non-hydrogen) atoms. The lowest BCUT2D eigenvalue weighted by Gasteiger charge is -2.24. The Bertz CT molecular complexity index is 186. The minimum absolute atomic E-state index is 0.0867. The van der Waals surface area contributed by atoms with E-state index in [9.17, 15) is 13.2 Å². The molecule has 0 aliphatic heterocycles. The molecule has 0 aromatic carbocycles. The molecule has 0 unspecified atom stereocenters. The summed E-state index contributed by atoms with van der Waals surface area (Å²) in [5.41, 5.74) is 0. The van der Waals surface area contributed by atoms with Crippen molar-refractivity contribution in [3.63, 3.8) is 0 Å². The highest BCUT2D eigenvalue weighted by molar-refractivity contribution is 6.71. The van der Waals surface area contributed by atoms with E-state index in [-0.39, 0.29) is 6.04 Å². The van der Waals surface area contributed by atoms with Gasteiger partial charge in [-0.2, -0.15) is 13.2 Å². The first-order valence-corrected chi connectivity index (χ1v) is 7.15. The topological polar surface area (TPSA) is 9.23 Å². The number of hydrogen-bond acceptors (Lipinski definition) is 1. The second-order valence-corrected chi connectivity index (χ2v) is 7.90. The molecule has 0 N–H and O–H groups in total. The van der Waals surface area contributed by atoms with Crippen LogP contribution in [0.2, 0.25) is 19.1 Å². The zero-order valence-corrected chi connectivity index (χ0v) is 9.16. The van der Waals surface area contributed by atoms with E-state index >= 15 is 0 Å². The van der Waals surface area contributed by atoms with Gasteiger partial charge >= 0.3 is 6.18 Å². The van der Waals surface area contributed by atoms with E-state index < -0.39 is 20.9 Å². The highest BCUT2D eigenvalue weighted by Crippen LogP contribution is 2.27. The third-order valence-corrected chi connectivity index (χ3v) is 3.82. The Balaban J connectivity index is 3.96. The average molecular weight is 212 g/mol. The third-order valence-electron chi connectivity index (χ3n) is 1.46. The fraction of sp³-hybridized carbons (Fsp3) is 0.750. The fourth-order valence-electron chi connectivity index (χ4n) is 0.965. The molecular formula is C8H15F3OSi. The quantitative estimate of drug-likeness (QED) is 0.510. The summed E-state index contributed by atoms with van der Waals surface area (Å²) >= 11 is 0. The van der Waals surface area contributed by atoms with Crippen LogP contribution in [0.25, 0.3) is 0 Å². The number of hydrogen-bond donors (Lipinski definition) is 0. The van der Waals surface area contributed by atoms with E-state index in [0.717, 1.165) is 0 Å². The second-order valence-electron chi connectivity index (χ2n) is 3.68. The van der Waals surface area contributed by atoms with E-state index in [1.165, 1.54) is 0 Å². The molecule has 0 saturated heterocycles. The maximum atomic E-state index is 11.9. The average Bonchev–Trinajstić information content (AvgIpc) is 1.79. The molecule has 0 saturated carbocycles. The van der Waals surface area contributed by atoms with Gasteiger partial charge < -0.3 is 4.43 Å². The van der Waals surface area contributed by atoms with Crippen molar-refractivity contribution in [1.29, 1.82) is 0 Å². The maximum absolute atomic E-state index is 11.9. The van der Waals surface area contributed by atoms with Crippen LogP contribution in [-0.2, 0) is 4.43 Å². The normalized spacial score (nSPS) is 12.8. The van der Waals surface area contributed by atoms with Crippen LogP contribution in [0.1, 0.15) is 13.3 Å². The summed E-state index contributed by atoms with van der Waals surface area (Å²) in [6.45, 7) is 8.69. The fourth-order valence-corrected chi connectivity index (χ4v) is 2.90. The van der Waals surface area contributed by atoms with Crippen LogP contribution >= 0.6 is 0 Å². The van der Waals surface area contributed by atoms with Gasteiger partial charge in [-0.05, 0) is 26.1 Å². The minimum Gasteiger partial charge on any atom is -0.548 e. The zero-order valence-electron chi connectivity index (χ0n) is 8.16. The van der Waals surface area contributed by atoms with Gasteiger partial charge in [-0.25, -0.2) is 0 Å². The van der Waals surface area contributed by atoms with E-state index in [0.29, 0.717) is 5.76 Å². The molecule has 0 fully saturated rings. The van der Waals surface area contributed by atoms with Crippen LogP contribution in [0.5, 0.6) is 0 Å². The molecule has 0 spiro atoms. The lowest BCUT2D eigenvalue weighted by atomic mass is 10.5. The third kappa shape index (κ3) is 7.89. The van der Waals surface area contributed by atoms with Crippen molar-refractivity contribution in [2.24, 2.45) is 0 Å². The molecule has 0 bridgehead atoms. The first-order chi connectivity index (χ1) is 5.62. The molecule has 1 nitrogen and oxygen atoms in total. The van der Waals surface area contributed by atoms with Crippen LogP contribution in [0.3, 0.4) is 0 Å². The summed E-state index contributed by atoms with van der Waals surface area (Å²) in [6, 6.07) is 0.0867. The largest absolute Gasteiger partial charge is 0.548 e. The Morgan fingerprint density at radius 3 is 2.15 bits per heavy atom. The molecule has 0 amide bonds. The molecule has 0 aromatic rings. The summed E-state index contributed by atoms with van der Waals surface area (Å²) in [5.74, 6) is 0.499. The predicted molar refractivity (Wildman–Crippen MR) is 48.9 cm³/mol. The van der Waals surface area contributed by atoms with Crippen molar-refractivity contribution < 1.29 is 17.6 Å². The van der Waals surface area contributed by atoms with Gasteiger partial charge in [-0.1, -0.05) is 6.58 Å². The summed E-state index contributed by atoms with van der Waals surface area (Å²) in [4.78, 5) is 0. The molecule has 0 rings (SSSR count). The SMILES string of the molecule is C=C(C)O[Si](C)(C)CCC(F)(F)F. The van der Waals surface area contributed by atoms with Crippen LogP contribution in [-0.4, -0.2) is 14.5 Å². The van der Waals surface area contributed by atoms with Gasteiger partial charge in [-0.15, -0.1) is 0 Å². The molecule has 0 aromatic heterocycles. The standard InChI is InChI=1S/C8H15F3OSi/c1-7(2)12-13(3,4)6-5-8(9,10)11/h1,5-6H2,2-4H3. The van der Waals surface area contributed by atoms with Gasteiger partial charge in [0.2, 0.25) is 8.32 Å². The van der Waals surface area contributed by atoms with Gasteiger partial charge in [0.25, 0.3) is 0 Å². The number of rotatable bonds is 4. The smallest absolute Gasteiger partial charge is 0.388 e. The van der Waals surface area contributed by atoms with E-state index in [4.69, 9.17) is 4.43 Å². The Labute approximate surface area is 77.7 Å².